The van der Waals surface area contributed by atoms with Crippen molar-refractivity contribution in [3.63, 3.8) is 0 Å². The monoisotopic (exact) mass is 474 g/mol. The maximum atomic E-state index is 13.6. The molecule has 1 amide bonds. The first-order chi connectivity index (χ1) is 16.1. The summed E-state index contributed by atoms with van der Waals surface area (Å²) < 4.78 is 0. The van der Waals surface area contributed by atoms with E-state index in [2.05, 4.69) is 30.3 Å². The van der Waals surface area contributed by atoms with Crippen LogP contribution in [0.3, 0.4) is 0 Å². The van der Waals surface area contributed by atoms with Crippen molar-refractivity contribution in [3.05, 3.63) is 100 Å². The van der Waals surface area contributed by atoms with Gasteiger partial charge >= 0.3 is 0 Å². The van der Waals surface area contributed by atoms with Crippen molar-refractivity contribution in [3.8, 4) is 11.3 Å². The largest absolute Gasteiger partial charge is 0.339 e. The number of nitrogens with zero attached hydrogens (tertiary/aromatic N) is 2. The molecule has 0 spiro atoms. The van der Waals surface area contributed by atoms with E-state index in [-0.39, 0.29) is 5.91 Å². The van der Waals surface area contributed by atoms with Crippen LogP contribution in [0.25, 0.3) is 22.2 Å². The van der Waals surface area contributed by atoms with Gasteiger partial charge in [-0.3, -0.25) is 4.79 Å². The Morgan fingerprint density at radius 1 is 0.879 bits per heavy atom. The van der Waals surface area contributed by atoms with E-state index in [1.54, 1.807) is 12.1 Å². The summed E-state index contributed by atoms with van der Waals surface area (Å²) in [6.45, 7) is 1.55. The lowest BCUT2D eigenvalue weighted by Crippen LogP contribution is -2.39. The molecule has 1 aliphatic rings. The van der Waals surface area contributed by atoms with Crippen LogP contribution in [0.15, 0.2) is 78.9 Å². The van der Waals surface area contributed by atoms with E-state index in [0.29, 0.717) is 21.5 Å². The minimum absolute atomic E-state index is 0.0630. The molecule has 4 aromatic rings. The molecule has 1 saturated heterocycles. The molecule has 2 heterocycles. The Balaban J connectivity index is 1.40. The number of pyridine rings is 1. The molecule has 33 heavy (non-hydrogen) atoms. The summed E-state index contributed by atoms with van der Waals surface area (Å²) in [6, 6.07) is 25.7. The summed E-state index contributed by atoms with van der Waals surface area (Å²) in [5.41, 5.74) is 4.40. The van der Waals surface area contributed by atoms with Gasteiger partial charge in [-0.1, -0.05) is 77.8 Å². The molecule has 0 unspecified atom stereocenters. The van der Waals surface area contributed by atoms with E-state index in [1.807, 2.05) is 41.3 Å². The average Bonchev–Trinajstić information content (AvgIpc) is 2.86. The molecule has 1 aliphatic heterocycles. The molecule has 166 valence electrons. The summed E-state index contributed by atoms with van der Waals surface area (Å²) in [5, 5.41) is 1.84. The molecule has 0 N–H and O–H groups in total. The second kappa shape index (κ2) is 9.54. The highest BCUT2D eigenvalue weighted by atomic mass is 35.5. The average molecular weight is 475 g/mol. The Morgan fingerprint density at radius 3 is 2.36 bits per heavy atom. The van der Waals surface area contributed by atoms with Gasteiger partial charge < -0.3 is 4.90 Å². The number of fused-ring (bicyclic) bond motifs is 1. The number of likely N-dealkylation sites (tertiary alicyclic amines) is 1. The Labute approximate surface area is 204 Å². The fourth-order valence-electron chi connectivity index (χ4n) is 4.61. The van der Waals surface area contributed by atoms with Crippen LogP contribution in [0, 0.1) is 5.92 Å². The molecule has 0 radical (unpaired) electrons. The van der Waals surface area contributed by atoms with E-state index in [1.165, 1.54) is 5.56 Å². The van der Waals surface area contributed by atoms with Gasteiger partial charge in [-0.05, 0) is 55.0 Å². The lowest BCUT2D eigenvalue weighted by molar-refractivity contribution is 0.0692. The van der Waals surface area contributed by atoms with E-state index in [0.717, 1.165) is 54.5 Å². The summed E-state index contributed by atoms with van der Waals surface area (Å²) in [6.07, 6.45) is 3.11. The van der Waals surface area contributed by atoms with E-state index >= 15 is 0 Å². The fraction of sp³-hybridized carbons (Fsp3) is 0.214. The predicted molar refractivity (Wildman–Crippen MR) is 136 cm³/mol. The number of piperidine rings is 1. The molecule has 0 atom stereocenters. The fourth-order valence-corrected chi connectivity index (χ4v) is 4.91. The number of benzene rings is 3. The third-order valence-corrected chi connectivity index (χ3v) is 7.17. The van der Waals surface area contributed by atoms with E-state index in [9.17, 15) is 4.79 Å². The minimum atomic E-state index is 0.0630. The Hall–Kier alpha value is -2.88. The third-order valence-electron chi connectivity index (χ3n) is 6.43. The van der Waals surface area contributed by atoms with Crippen LogP contribution in [0.5, 0.6) is 0 Å². The minimum Gasteiger partial charge on any atom is -0.339 e. The summed E-state index contributed by atoms with van der Waals surface area (Å²) in [5.74, 6) is 0.672. The van der Waals surface area contributed by atoms with Crippen molar-refractivity contribution in [2.45, 2.75) is 19.3 Å². The molecule has 3 aromatic carbocycles. The summed E-state index contributed by atoms with van der Waals surface area (Å²) in [7, 11) is 0. The molecule has 5 rings (SSSR count). The Bertz CT molecular complexity index is 1300. The highest BCUT2D eigenvalue weighted by Gasteiger charge is 2.25. The second-order valence-electron chi connectivity index (χ2n) is 8.63. The van der Waals surface area contributed by atoms with Gasteiger partial charge in [0, 0.05) is 24.0 Å². The molecule has 1 aromatic heterocycles. The molecule has 0 bridgehead atoms. The smallest absolute Gasteiger partial charge is 0.254 e. The van der Waals surface area contributed by atoms with Crippen molar-refractivity contribution in [2.75, 3.05) is 13.1 Å². The summed E-state index contributed by atoms with van der Waals surface area (Å²) >= 11 is 12.3. The molecule has 5 heteroatoms. The zero-order valence-electron chi connectivity index (χ0n) is 18.2. The van der Waals surface area contributed by atoms with Gasteiger partial charge in [-0.15, -0.1) is 0 Å². The number of aromatic nitrogens is 1. The quantitative estimate of drug-likeness (QED) is 0.310. The van der Waals surface area contributed by atoms with Gasteiger partial charge in [0.05, 0.1) is 26.8 Å². The lowest BCUT2D eigenvalue weighted by atomic mass is 9.90. The van der Waals surface area contributed by atoms with Gasteiger partial charge in [0.2, 0.25) is 0 Å². The molecule has 1 fully saturated rings. The predicted octanol–water partition coefficient (Wildman–Crippen LogP) is 7.30. The molecular weight excluding hydrogens is 451 g/mol. The molecular formula is C28H24Cl2N2O. The van der Waals surface area contributed by atoms with Gasteiger partial charge in [0.25, 0.3) is 5.91 Å². The van der Waals surface area contributed by atoms with Crippen LogP contribution < -0.4 is 0 Å². The maximum absolute atomic E-state index is 13.6. The second-order valence-corrected chi connectivity index (χ2v) is 9.44. The number of para-hydroxylation sites is 1. The van der Waals surface area contributed by atoms with Gasteiger partial charge in [-0.2, -0.15) is 0 Å². The van der Waals surface area contributed by atoms with Crippen LogP contribution in [-0.4, -0.2) is 28.9 Å². The van der Waals surface area contributed by atoms with Crippen molar-refractivity contribution in [1.82, 2.24) is 9.88 Å². The van der Waals surface area contributed by atoms with E-state index in [4.69, 9.17) is 28.2 Å². The number of amides is 1. The van der Waals surface area contributed by atoms with Crippen molar-refractivity contribution in [2.24, 2.45) is 5.92 Å². The molecule has 3 nitrogen and oxygen atoms in total. The number of carbonyl (C=O) groups excluding carboxylic acids is 1. The van der Waals surface area contributed by atoms with Crippen molar-refractivity contribution in [1.29, 1.82) is 0 Å². The van der Waals surface area contributed by atoms with Gasteiger partial charge in [-0.25, -0.2) is 4.98 Å². The summed E-state index contributed by atoms with van der Waals surface area (Å²) in [4.78, 5) is 20.4. The zero-order valence-corrected chi connectivity index (χ0v) is 19.7. The number of hydrogen-bond donors (Lipinski definition) is 0. The zero-order chi connectivity index (χ0) is 22.8. The van der Waals surface area contributed by atoms with Crippen LogP contribution in [0.2, 0.25) is 10.0 Å². The third kappa shape index (κ3) is 4.75. The van der Waals surface area contributed by atoms with Crippen LogP contribution in [0.1, 0.15) is 28.8 Å². The maximum Gasteiger partial charge on any atom is 0.254 e. The van der Waals surface area contributed by atoms with Gasteiger partial charge in [0.15, 0.2) is 0 Å². The number of halogens is 2. The highest BCUT2D eigenvalue weighted by Crippen LogP contribution is 2.31. The Morgan fingerprint density at radius 2 is 1.61 bits per heavy atom. The number of carbonyl (C=O) groups is 1. The standard InChI is InChI=1S/C28H24Cl2N2O/c29-24-11-10-21(17-25(24)30)27-18-23(22-8-4-5-9-26(22)31-27)28(33)32-14-12-20(13-15-32)16-19-6-2-1-3-7-19/h1-11,17-18,20H,12-16H2. The van der Waals surface area contributed by atoms with Crippen molar-refractivity contribution >= 4 is 40.0 Å². The first kappa shape index (κ1) is 21.9. The first-order valence-electron chi connectivity index (χ1n) is 11.3. The van der Waals surface area contributed by atoms with Crippen LogP contribution in [0.4, 0.5) is 0 Å². The Kier molecular flexibility index (Phi) is 6.34. The molecule has 0 aliphatic carbocycles. The normalized spacial score (nSPS) is 14.5. The van der Waals surface area contributed by atoms with Crippen molar-refractivity contribution < 1.29 is 4.79 Å². The SMILES string of the molecule is O=C(c1cc(-c2ccc(Cl)c(Cl)c2)nc2ccccc12)N1CCC(Cc2ccccc2)CC1. The van der Waals surface area contributed by atoms with Crippen LogP contribution >= 0.6 is 23.2 Å². The van der Waals surface area contributed by atoms with Gasteiger partial charge in [0.1, 0.15) is 0 Å². The van der Waals surface area contributed by atoms with E-state index < -0.39 is 0 Å². The lowest BCUT2D eigenvalue weighted by Gasteiger charge is -2.32. The first-order valence-corrected chi connectivity index (χ1v) is 12.0. The number of rotatable bonds is 4. The van der Waals surface area contributed by atoms with Crippen LogP contribution in [-0.2, 0) is 6.42 Å². The number of hydrogen-bond acceptors (Lipinski definition) is 2. The topological polar surface area (TPSA) is 33.2 Å². The molecule has 0 saturated carbocycles. The highest BCUT2D eigenvalue weighted by molar-refractivity contribution is 6.42.